The molecule has 0 saturated carbocycles. The van der Waals surface area contributed by atoms with Crippen LogP contribution in [-0.4, -0.2) is 23.4 Å². The smallest absolute Gasteiger partial charge is 0.295 e. The van der Waals surface area contributed by atoms with Crippen LogP contribution >= 0.6 is 0 Å². The van der Waals surface area contributed by atoms with Gasteiger partial charge in [0.15, 0.2) is 11.5 Å². The zero-order valence-corrected chi connectivity index (χ0v) is 10.1. The van der Waals surface area contributed by atoms with Gasteiger partial charge in [-0.25, -0.2) is 4.39 Å². The lowest BCUT2D eigenvalue weighted by molar-refractivity contribution is -0.384. The minimum atomic E-state index is -0.831. The lowest BCUT2D eigenvalue weighted by Crippen LogP contribution is -2.33. The Morgan fingerprint density at radius 3 is 2.72 bits per heavy atom. The van der Waals surface area contributed by atoms with Gasteiger partial charge >= 0.3 is 0 Å². The maximum atomic E-state index is 13.4. The number of hydrogen-bond acceptors (Lipinski definition) is 4. The maximum absolute atomic E-state index is 13.4. The Hall–Kier alpha value is -2.02. The molecule has 0 atom stereocenters. The van der Waals surface area contributed by atoms with E-state index in [4.69, 9.17) is 0 Å². The van der Waals surface area contributed by atoms with Gasteiger partial charge in [0, 0.05) is 12.1 Å². The summed E-state index contributed by atoms with van der Waals surface area (Å²) in [6, 6.07) is 3.49. The third kappa shape index (κ3) is 3.77. The Bertz CT molecular complexity index is 463. The Kier molecular flexibility index (Phi) is 4.73. The van der Waals surface area contributed by atoms with E-state index in [-0.39, 0.29) is 12.6 Å². The number of amides is 1. The second kappa shape index (κ2) is 6.06. The summed E-state index contributed by atoms with van der Waals surface area (Å²) in [6.45, 7) is 3.65. The number of halogens is 1. The van der Waals surface area contributed by atoms with Crippen molar-refractivity contribution < 1.29 is 14.1 Å². The van der Waals surface area contributed by atoms with Gasteiger partial charge in [-0.3, -0.25) is 14.9 Å². The first-order valence-electron chi connectivity index (χ1n) is 5.38. The minimum absolute atomic E-state index is 0.0385. The number of nitrogens with zero attached hydrogens (tertiary/aromatic N) is 1. The van der Waals surface area contributed by atoms with Crippen LogP contribution in [0.3, 0.4) is 0 Å². The summed E-state index contributed by atoms with van der Waals surface area (Å²) in [6.07, 6.45) is 0. The van der Waals surface area contributed by atoms with Crippen molar-refractivity contribution >= 4 is 17.3 Å². The number of nitrogens with one attached hydrogen (secondary N) is 2. The molecule has 0 fully saturated rings. The lowest BCUT2D eigenvalue weighted by atomic mass is 10.2. The molecule has 98 valence electrons. The molecule has 0 saturated heterocycles. The highest BCUT2D eigenvalue weighted by molar-refractivity contribution is 5.94. The fraction of sp³-hybridized carbons (Fsp3) is 0.364. The van der Waals surface area contributed by atoms with Crippen LogP contribution in [0.2, 0.25) is 0 Å². The second-order valence-corrected chi connectivity index (χ2v) is 3.97. The van der Waals surface area contributed by atoms with Gasteiger partial charge in [0.25, 0.3) is 5.69 Å². The Balaban J connectivity index is 2.83. The number of carbonyl (C=O) groups is 1. The highest BCUT2D eigenvalue weighted by atomic mass is 19.1. The van der Waals surface area contributed by atoms with E-state index in [9.17, 15) is 19.3 Å². The number of nitro groups is 1. The van der Waals surface area contributed by atoms with E-state index in [0.717, 1.165) is 12.1 Å². The number of benzene rings is 1. The van der Waals surface area contributed by atoms with Crippen LogP contribution in [0, 0.1) is 15.9 Å². The van der Waals surface area contributed by atoms with Crippen molar-refractivity contribution in [2.45, 2.75) is 19.9 Å². The summed E-state index contributed by atoms with van der Waals surface area (Å²) in [7, 11) is 0. The molecule has 7 heteroatoms. The molecule has 1 rings (SSSR count). The third-order valence-corrected chi connectivity index (χ3v) is 2.12. The topological polar surface area (TPSA) is 84.3 Å². The lowest BCUT2D eigenvalue weighted by Gasteiger charge is -2.09. The quantitative estimate of drug-likeness (QED) is 0.619. The van der Waals surface area contributed by atoms with Gasteiger partial charge in [-0.15, -0.1) is 0 Å². The molecule has 0 unspecified atom stereocenters. The van der Waals surface area contributed by atoms with Crippen LogP contribution in [0.4, 0.5) is 15.8 Å². The van der Waals surface area contributed by atoms with Gasteiger partial charge < -0.3 is 10.6 Å². The van der Waals surface area contributed by atoms with Gasteiger partial charge in [0.05, 0.1) is 11.5 Å². The van der Waals surface area contributed by atoms with Crippen LogP contribution in [0.15, 0.2) is 18.2 Å². The van der Waals surface area contributed by atoms with E-state index >= 15 is 0 Å². The van der Waals surface area contributed by atoms with Crippen LogP contribution in [0.5, 0.6) is 0 Å². The van der Waals surface area contributed by atoms with Crippen molar-refractivity contribution in [1.29, 1.82) is 0 Å². The molecule has 0 heterocycles. The predicted molar refractivity (Wildman–Crippen MR) is 64.8 cm³/mol. The van der Waals surface area contributed by atoms with Crippen LogP contribution in [0.25, 0.3) is 0 Å². The summed E-state index contributed by atoms with van der Waals surface area (Å²) in [5.74, 6) is -1.36. The first kappa shape index (κ1) is 14.0. The van der Waals surface area contributed by atoms with E-state index in [1.807, 2.05) is 13.8 Å². The number of hydrogen-bond donors (Lipinski definition) is 2. The van der Waals surface area contributed by atoms with Gasteiger partial charge in [0.2, 0.25) is 5.91 Å². The van der Waals surface area contributed by atoms with E-state index in [0.29, 0.717) is 0 Å². The van der Waals surface area contributed by atoms with Gasteiger partial charge in [-0.1, -0.05) is 19.9 Å². The molecule has 1 aromatic rings. The largest absolute Gasteiger partial charge is 0.317 e. The molecule has 2 N–H and O–H groups in total. The number of para-hydroxylation sites is 1. The summed E-state index contributed by atoms with van der Waals surface area (Å²) in [5, 5.41) is 15.7. The van der Waals surface area contributed by atoms with Crippen molar-refractivity contribution in [2.75, 3.05) is 11.9 Å². The third-order valence-electron chi connectivity index (χ3n) is 2.12. The van der Waals surface area contributed by atoms with Gasteiger partial charge in [-0.2, -0.15) is 0 Å². The van der Waals surface area contributed by atoms with E-state index in [1.54, 1.807) is 0 Å². The molecule has 1 aromatic carbocycles. The summed E-state index contributed by atoms with van der Waals surface area (Å²) in [5.41, 5.74) is -0.869. The average molecular weight is 255 g/mol. The molecule has 18 heavy (non-hydrogen) atoms. The van der Waals surface area contributed by atoms with Crippen LogP contribution in [0.1, 0.15) is 13.8 Å². The molecule has 0 aliphatic carbocycles. The zero-order valence-electron chi connectivity index (χ0n) is 10.1. The van der Waals surface area contributed by atoms with E-state index < -0.39 is 28.0 Å². The number of rotatable bonds is 5. The van der Waals surface area contributed by atoms with Crippen molar-refractivity contribution in [3.63, 3.8) is 0 Å². The molecule has 0 aliphatic heterocycles. The molecule has 0 spiro atoms. The molecular weight excluding hydrogens is 241 g/mol. The van der Waals surface area contributed by atoms with Crippen molar-refractivity contribution in [3.8, 4) is 0 Å². The molecule has 0 aromatic heterocycles. The first-order chi connectivity index (χ1) is 8.41. The molecule has 6 nitrogen and oxygen atoms in total. The Labute approximate surface area is 103 Å². The second-order valence-electron chi connectivity index (χ2n) is 3.97. The van der Waals surface area contributed by atoms with Crippen molar-refractivity contribution in [3.05, 3.63) is 34.1 Å². The van der Waals surface area contributed by atoms with Crippen LogP contribution < -0.4 is 10.6 Å². The van der Waals surface area contributed by atoms with E-state index in [1.165, 1.54) is 6.07 Å². The fourth-order valence-electron chi connectivity index (χ4n) is 1.27. The number of anilines is 1. The monoisotopic (exact) mass is 255 g/mol. The minimum Gasteiger partial charge on any atom is -0.317 e. The highest BCUT2D eigenvalue weighted by Gasteiger charge is 2.19. The molecular formula is C11H14FN3O3. The van der Waals surface area contributed by atoms with E-state index in [2.05, 4.69) is 10.6 Å². The highest BCUT2D eigenvalue weighted by Crippen LogP contribution is 2.26. The van der Waals surface area contributed by atoms with Crippen molar-refractivity contribution in [1.82, 2.24) is 5.32 Å². The molecule has 0 aliphatic rings. The van der Waals surface area contributed by atoms with Crippen LogP contribution in [-0.2, 0) is 4.79 Å². The Morgan fingerprint density at radius 2 is 2.17 bits per heavy atom. The molecule has 0 radical (unpaired) electrons. The SMILES string of the molecule is CC(C)NCC(=O)Nc1c(F)cccc1[N+](=O)[O-]. The maximum Gasteiger partial charge on any atom is 0.295 e. The number of carbonyl (C=O) groups excluding carboxylic acids is 1. The first-order valence-corrected chi connectivity index (χ1v) is 5.38. The van der Waals surface area contributed by atoms with Crippen molar-refractivity contribution in [2.24, 2.45) is 0 Å². The van der Waals surface area contributed by atoms with Gasteiger partial charge in [-0.05, 0) is 6.07 Å². The van der Waals surface area contributed by atoms with Gasteiger partial charge in [0.1, 0.15) is 0 Å². The molecule has 1 amide bonds. The average Bonchev–Trinajstić information content (AvgIpc) is 2.28. The molecule has 0 bridgehead atoms. The summed E-state index contributed by atoms with van der Waals surface area (Å²) < 4.78 is 13.4. The number of nitro benzene ring substituents is 1. The fourth-order valence-corrected chi connectivity index (χ4v) is 1.27. The standard InChI is InChI=1S/C11H14FN3O3/c1-7(2)13-6-10(16)14-11-8(12)4-3-5-9(11)15(17)18/h3-5,7,13H,6H2,1-2H3,(H,14,16). The summed E-state index contributed by atoms with van der Waals surface area (Å²) in [4.78, 5) is 21.4. The predicted octanol–water partition coefficient (Wildman–Crippen LogP) is 1.67. The summed E-state index contributed by atoms with van der Waals surface area (Å²) >= 11 is 0. The zero-order chi connectivity index (χ0) is 13.7. The Morgan fingerprint density at radius 1 is 1.50 bits per heavy atom. The normalized spacial score (nSPS) is 10.4.